The van der Waals surface area contributed by atoms with Crippen LogP contribution in [0.3, 0.4) is 0 Å². The van der Waals surface area contributed by atoms with Gasteiger partial charge in [0, 0.05) is 16.5 Å². The van der Waals surface area contributed by atoms with E-state index >= 15 is 0 Å². The molecule has 1 aliphatic heterocycles. The zero-order chi connectivity index (χ0) is 12.5. The quantitative estimate of drug-likeness (QED) is 0.853. The second-order valence-electron chi connectivity index (χ2n) is 4.09. The Bertz CT molecular complexity index is 592. The maximum absolute atomic E-state index is 5.21. The van der Waals surface area contributed by atoms with Crippen LogP contribution in [-0.2, 0) is 4.84 Å². The first kappa shape index (κ1) is 11.4. The Morgan fingerprint density at radius 3 is 2.72 bits per heavy atom. The third-order valence-electron chi connectivity index (χ3n) is 2.64. The Morgan fingerprint density at radius 1 is 1.28 bits per heavy atom. The van der Waals surface area contributed by atoms with Gasteiger partial charge in [0.1, 0.15) is 0 Å². The van der Waals surface area contributed by atoms with Crippen LogP contribution in [0.2, 0.25) is 0 Å². The molecule has 2 heterocycles. The SMILES string of the molecule is CC1=NOC(c2nc(-c3ccc(Br)cc3)no2)C1. The number of rotatable bonds is 2. The molecule has 0 N–H and O–H groups in total. The van der Waals surface area contributed by atoms with Crippen LogP contribution in [0, 0.1) is 0 Å². The van der Waals surface area contributed by atoms with Gasteiger partial charge in [-0.3, -0.25) is 0 Å². The van der Waals surface area contributed by atoms with Gasteiger partial charge in [-0.1, -0.05) is 26.2 Å². The van der Waals surface area contributed by atoms with E-state index in [-0.39, 0.29) is 6.10 Å². The minimum absolute atomic E-state index is 0.248. The van der Waals surface area contributed by atoms with Crippen LogP contribution in [0.15, 0.2) is 38.4 Å². The predicted octanol–water partition coefficient (Wildman–Crippen LogP) is 3.34. The molecule has 1 aromatic carbocycles. The molecule has 1 aliphatic rings. The molecule has 0 aliphatic carbocycles. The van der Waals surface area contributed by atoms with Crippen LogP contribution in [0.1, 0.15) is 25.3 Å². The second-order valence-corrected chi connectivity index (χ2v) is 5.00. The van der Waals surface area contributed by atoms with E-state index in [1.165, 1.54) is 0 Å². The molecule has 0 amide bonds. The fourth-order valence-corrected chi connectivity index (χ4v) is 1.98. The zero-order valence-electron chi connectivity index (χ0n) is 9.63. The monoisotopic (exact) mass is 307 g/mol. The molecule has 0 saturated carbocycles. The molecule has 1 atom stereocenters. The van der Waals surface area contributed by atoms with Gasteiger partial charge in [0.2, 0.25) is 11.9 Å². The first-order valence-corrected chi connectivity index (χ1v) is 6.30. The van der Waals surface area contributed by atoms with E-state index in [1.807, 2.05) is 31.2 Å². The van der Waals surface area contributed by atoms with Crippen LogP contribution in [-0.4, -0.2) is 15.9 Å². The number of benzene rings is 1. The van der Waals surface area contributed by atoms with Gasteiger partial charge in [-0.2, -0.15) is 4.98 Å². The number of hydrogen-bond acceptors (Lipinski definition) is 5. The lowest BCUT2D eigenvalue weighted by Crippen LogP contribution is -1.98. The molecule has 6 heteroatoms. The van der Waals surface area contributed by atoms with E-state index in [1.54, 1.807) is 0 Å². The van der Waals surface area contributed by atoms with Crippen LogP contribution in [0.4, 0.5) is 0 Å². The molecule has 2 aromatic rings. The molecule has 0 spiro atoms. The third-order valence-corrected chi connectivity index (χ3v) is 3.16. The molecule has 18 heavy (non-hydrogen) atoms. The number of halogens is 1. The smallest absolute Gasteiger partial charge is 0.271 e. The van der Waals surface area contributed by atoms with Crippen LogP contribution in [0.25, 0.3) is 11.4 Å². The highest BCUT2D eigenvalue weighted by atomic mass is 79.9. The number of hydrogen-bond donors (Lipinski definition) is 0. The summed E-state index contributed by atoms with van der Waals surface area (Å²) in [7, 11) is 0. The normalized spacial score (nSPS) is 18.6. The second kappa shape index (κ2) is 4.53. The average molecular weight is 308 g/mol. The summed E-state index contributed by atoms with van der Waals surface area (Å²) < 4.78 is 6.22. The summed E-state index contributed by atoms with van der Waals surface area (Å²) in [4.78, 5) is 9.54. The summed E-state index contributed by atoms with van der Waals surface area (Å²) in [5, 5.41) is 7.82. The minimum Gasteiger partial charge on any atom is -0.382 e. The van der Waals surface area contributed by atoms with Crippen molar-refractivity contribution in [2.45, 2.75) is 19.4 Å². The lowest BCUT2D eigenvalue weighted by atomic mass is 10.2. The van der Waals surface area contributed by atoms with Crippen molar-refractivity contribution in [1.29, 1.82) is 0 Å². The summed E-state index contributed by atoms with van der Waals surface area (Å²) in [6.07, 6.45) is 0.448. The lowest BCUT2D eigenvalue weighted by molar-refractivity contribution is 0.0599. The summed E-state index contributed by atoms with van der Waals surface area (Å²) in [5.74, 6) is 1.03. The fraction of sp³-hybridized carbons (Fsp3) is 0.250. The summed E-state index contributed by atoms with van der Waals surface area (Å²) in [5.41, 5.74) is 1.84. The van der Waals surface area contributed by atoms with E-state index < -0.39 is 0 Å². The van der Waals surface area contributed by atoms with Gasteiger partial charge in [0.15, 0.2) is 0 Å². The third kappa shape index (κ3) is 2.15. The van der Waals surface area contributed by atoms with Gasteiger partial charge in [0.05, 0.1) is 5.71 Å². The minimum atomic E-state index is -0.248. The molecule has 1 aromatic heterocycles. The van der Waals surface area contributed by atoms with Crippen molar-refractivity contribution in [3.63, 3.8) is 0 Å². The molecular weight excluding hydrogens is 298 g/mol. The van der Waals surface area contributed by atoms with Crippen molar-refractivity contribution in [2.24, 2.45) is 5.16 Å². The van der Waals surface area contributed by atoms with Gasteiger partial charge in [0.25, 0.3) is 5.89 Å². The molecule has 5 nitrogen and oxygen atoms in total. The van der Waals surface area contributed by atoms with Crippen LogP contribution in [0.5, 0.6) is 0 Å². The highest BCUT2D eigenvalue weighted by molar-refractivity contribution is 9.10. The molecule has 0 fully saturated rings. The predicted molar refractivity (Wildman–Crippen MR) is 69.0 cm³/mol. The number of aromatic nitrogens is 2. The topological polar surface area (TPSA) is 60.5 Å². The Morgan fingerprint density at radius 2 is 2.06 bits per heavy atom. The molecule has 0 saturated heterocycles. The van der Waals surface area contributed by atoms with E-state index in [9.17, 15) is 0 Å². The van der Waals surface area contributed by atoms with Crippen molar-refractivity contribution >= 4 is 21.6 Å². The van der Waals surface area contributed by atoms with Gasteiger partial charge in [-0.15, -0.1) is 0 Å². The Hall–Kier alpha value is -1.69. The van der Waals surface area contributed by atoms with Gasteiger partial charge < -0.3 is 9.36 Å². The molecule has 1 unspecified atom stereocenters. The van der Waals surface area contributed by atoms with Crippen molar-refractivity contribution < 1.29 is 9.36 Å². The van der Waals surface area contributed by atoms with E-state index in [0.717, 1.165) is 15.7 Å². The molecule has 0 bridgehead atoms. The van der Waals surface area contributed by atoms with Gasteiger partial charge in [-0.05, 0) is 31.2 Å². The molecular formula is C12H10BrN3O2. The number of oxime groups is 1. The molecule has 3 rings (SSSR count). The average Bonchev–Trinajstić information content (AvgIpc) is 2.98. The van der Waals surface area contributed by atoms with E-state index in [0.29, 0.717) is 18.1 Å². The zero-order valence-corrected chi connectivity index (χ0v) is 11.2. The van der Waals surface area contributed by atoms with Crippen molar-refractivity contribution in [2.75, 3.05) is 0 Å². The van der Waals surface area contributed by atoms with Crippen LogP contribution < -0.4 is 0 Å². The Labute approximate surface area is 112 Å². The van der Waals surface area contributed by atoms with E-state index in [4.69, 9.17) is 9.36 Å². The molecule has 0 radical (unpaired) electrons. The summed E-state index contributed by atoms with van der Waals surface area (Å²) in [6.45, 7) is 1.91. The first-order chi connectivity index (χ1) is 8.72. The highest BCUT2D eigenvalue weighted by Crippen LogP contribution is 2.27. The van der Waals surface area contributed by atoms with Gasteiger partial charge in [-0.25, -0.2) is 0 Å². The maximum Gasteiger partial charge on any atom is 0.271 e. The van der Waals surface area contributed by atoms with Crippen molar-refractivity contribution in [3.8, 4) is 11.4 Å². The van der Waals surface area contributed by atoms with Crippen LogP contribution >= 0.6 is 15.9 Å². The fourth-order valence-electron chi connectivity index (χ4n) is 1.71. The number of nitrogens with zero attached hydrogens (tertiary/aromatic N) is 3. The van der Waals surface area contributed by atoms with E-state index in [2.05, 4.69) is 31.2 Å². The first-order valence-electron chi connectivity index (χ1n) is 5.51. The summed E-state index contributed by atoms with van der Waals surface area (Å²) in [6, 6.07) is 7.72. The largest absolute Gasteiger partial charge is 0.382 e. The molecule has 92 valence electrons. The van der Waals surface area contributed by atoms with Crippen molar-refractivity contribution in [1.82, 2.24) is 10.1 Å². The van der Waals surface area contributed by atoms with Gasteiger partial charge >= 0.3 is 0 Å². The maximum atomic E-state index is 5.21. The highest BCUT2D eigenvalue weighted by Gasteiger charge is 2.26. The lowest BCUT2D eigenvalue weighted by Gasteiger charge is -1.99. The standard InChI is InChI=1S/C12H10BrN3O2/c1-7-6-10(17-15-7)12-14-11(16-18-12)8-2-4-9(13)5-3-8/h2-5,10H,6H2,1H3. The summed E-state index contributed by atoms with van der Waals surface area (Å²) >= 11 is 3.38. The Balaban J connectivity index is 1.83. The van der Waals surface area contributed by atoms with Crippen molar-refractivity contribution in [3.05, 3.63) is 34.6 Å². The Kier molecular flexibility index (Phi) is 2.87.